The molecule has 0 amide bonds. The molecule has 2 aliphatic heterocycles. The lowest BCUT2D eigenvalue weighted by molar-refractivity contribution is -0.140. The monoisotopic (exact) mass is 582 g/mol. The third-order valence-electron chi connectivity index (χ3n) is 7.09. The van der Waals surface area contributed by atoms with Gasteiger partial charge in [0.2, 0.25) is 20.0 Å². The fraction of sp³-hybridized carbons (Fsp3) is 0.480. The van der Waals surface area contributed by atoms with Crippen molar-refractivity contribution in [2.45, 2.75) is 48.8 Å². The molecule has 39 heavy (non-hydrogen) atoms. The standard InChI is InChI=1S/C25H34N4O8S2/c1-38(34,35)27-21-15-17(4-9-23(21)30)24(31)16-26-18-10-13-28(14-11-18)19-5-7-20(8-6-19)39(36,37)29-12-2-3-22(29)25(32)33/h4-9,15,18,22,24,26-27,30-31H,2-3,10-14,16H2,1H3,(H,32,33)/t22-,24+/m1/s1. The van der Waals surface area contributed by atoms with Crippen molar-refractivity contribution in [1.29, 1.82) is 0 Å². The summed E-state index contributed by atoms with van der Waals surface area (Å²) in [7, 11) is -7.47. The highest BCUT2D eigenvalue weighted by atomic mass is 32.2. The van der Waals surface area contributed by atoms with Crippen LogP contribution in [0.2, 0.25) is 0 Å². The molecule has 0 spiro atoms. The third kappa shape index (κ3) is 7.00. The fourth-order valence-corrected chi connectivity index (χ4v) is 7.23. The van der Waals surface area contributed by atoms with Crippen LogP contribution >= 0.6 is 0 Å². The molecule has 0 aromatic heterocycles. The molecule has 0 bridgehead atoms. The molecule has 14 heteroatoms. The molecule has 2 saturated heterocycles. The Morgan fingerprint density at radius 3 is 2.31 bits per heavy atom. The molecule has 2 fully saturated rings. The maximum atomic E-state index is 13.0. The molecule has 0 saturated carbocycles. The van der Waals surface area contributed by atoms with Gasteiger partial charge in [0.25, 0.3) is 0 Å². The van der Waals surface area contributed by atoms with E-state index in [-0.39, 0.29) is 35.5 Å². The summed E-state index contributed by atoms with van der Waals surface area (Å²) in [4.78, 5) is 13.7. The second-order valence-electron chi connectivity index (χ2n) is 9.94. The summed E-state index contributed by atoms with van der Waals surface area (Å²) < 4.78 is 52.3. The molecule has 12 nitrogen and oxygen atoms in total. The number of aliphatic hydroxyl groups excluding tert-OH is 1. The molecule has 2 atom stereocenters. The summed E-state index contributed by atoms with van der Waals surface area (Å²) in [5, 5.41) is 33.2. The Morgan fingerprint density at radius 1 is 1.03 bits per heavy atom. The average Bonchev–Trinajstić information content (AvgIpc) is 3.40. The minimum atomic E-state index is -3.89. The smallest absolute Gasteiger partial charge is 0.322 e. The van der Waals surface area contributed by atoms with Crippen LogP contribution in [0.5, 0.6) is 5.75 Å². The van der Waals surface area contributed by atoms with E-state index in [4.69, 9.17) is 0 Å². The first-order valence-corrected chi connectivity index (χ1v) is 16.0. The second-order valence-corrected chi connectivity index (χ2v) is 13.6. The largest absolute Gasteiger partial charge is 0.506 e. The molecule has 2 aromatic carbocycles. The Morgan fingerprint density at radius 2 is 1.69 bits per heavy atom. The van der Waals surface area contributed by atoms with Crippen molar-refractivity contribution in [2.24, 2.45) is 0 Å². The van der Waals surface area contributed by atoms with Crippen LogP contribution in [0.25, 0.3) is 0 Å². The number of nitrogens with one attached hydrogen (secondary N) is 2. The van der Waals surface area contributed by atoms with Crippen LogP contribution in [-0.4, -0.2) is 86.9 Å². The highest BCUT2D eigenvalue weighted by Gasteiger charge is 2.39. The zero-order valence-electron chi connectivity index (χ0n) is 21.5. The van der Waals surface area contributed by atoms with Gasteiger partial charge in [-0.05, 0) is 67.6 Å². The summed E-state index contributed by atoms with van der Waals surface area (Å²) in [6, 6.07) is 9.90. The van der Waals surface area contributed by atoms with E-state index >= 15 is 0 Å². The molecule has 2 aliphatic rings. The van der Waals surface area contributed by atoms with E-state index in [1.807, 2.05) is 0 Å². The molecule has 0 radical (unpaired) electrons. The number of carbonyl (C=O) groups is 1. The number of sulfonamides is 2. The number of piperidine rings is 1. The number of rotatable bonds is 10. The number of aliphatic hydroxyl groups is 1. The zero-order valence-corrected chi connectivity index (χ0v) is 23.2. The highest BCUT2D eigenvalue weighted by Crippen LogP contribution is 2.30. The third-order valence-corrected chi connectivity index (χ3v) is 9.61. The molecule has 0 unspecified atom stereocenters. The van der Waals surface area contributed by atoms with Crippen molar-refractivity contribution in [3.05, 3.63) is 48.0 Å². The van der Waals surface area contributed by atoms with Crippen molar-refractivity contribution < 1.29 is 36.9 Å². The molecular weight excluding hydrogens is 548 g/mol. The van der Waals surface area contributed by atoms with E-state index in [9.17, 15) is 36.9 Å². The van der Waals surface area contributed by atoms with Crippen molar-refractivity contribution in [3.63, 3.8) is 0 Å². The van der Waals surface area contributed by atoms with Gasteiger partial charge in [0.15, 0.2) is 0 Å². The van der Waals surface area contributed by atoms with E-state index in [2.05, 4.69) is 14.9 Å². The van der Waals surface area contributed by atoms with E-state index in [0.29, 0.717) is 31.5 Å². The molecule has 214 valence electrons. The molecule has 5 N–H and O–H groups in total. The lowest BCUT2D eigenvalue weighted by Crippen LogP contribution is -2.43. The van der Waals surface area contributed by atoms with Crippen LogP contribution in [0.3, 0.4) is 0 Å². The van der Waals surface area contributed by atoms with Gasteiger partial charge >= 0.3 is 5.97 Å². The topological polar surface area (TPSA) is 177 Å². The van der Waals surface area contributed by atoms with Crippen LogP contribution in [0, 0.1) is 0 Å². The van der Waals surface area contributed by atoms with Gasteiger partial charge in [0.05, 0.1) is 22.9 Å². The van der Waals surface area contributed by atoms with Crippen molar-refractivity contribution in [3.8, 4) is 5.75 Å². The first-order valence-electron chi connectivity index (χ1n) is 12.7. The van der Waals surface area contributed by atoms with Gasteiger partial charge in [-0.1, -0.05) is 6.07 Å². The first kappa shape index (κ1) is 29.1. The second kappa shape index (κ2) is 11.7. The summed E-state index contributed by atoms with van der Waals surface area (Å²) in [6.45, 7) is 1.87. The van der Waals surface area contributed by atoms with Gasteiger partial charge in [-0.25, -0.2) is 16.8 Å². The van der Waals surface area contributed by atoms with Crippen molar-refractivity contribution in [2.75, 3.05) is 42.1 Å². The maximum Gasteiger partial charge on any atom is 0.322 e. The van der Waals surface area contributed by atoms with Gasteiger partial charge in [-0.2, -0.15) is 4.31 Å². The molecular formula is C25H34N4O8S2. The van der Waals surface area contributed by atoms with E-state index in [1.54, 1.807) is 12.1 Å². The van der Waals surface area contributed by atoms with Gasteiger partial charge in [0, 0.05) is 37.9 Å². The lowest BCUT2D eigenvalue weighted by Gasteiger charge is -2.34. The number of anilines is 2. The number of phenols is 1. The highest BCUT2D eigenvalue weighted by molar-refractivity contribution is 7.92. The maximum absolute atomic E-state index is 13.0. The molecule has 0 aliphatic carbocycles. The van der Waals surface area contributed by atoms with E-state index < -0.39 is 38.2 Å². The summed E-state index contributed by atoms with van der Waals surface area (Å²) in [5.41, 5.74) is 1.34. The Labute approximate surface area is 228 Å². The number of benzene rings is 2. The Kier molecular flexibility index (Phi) is 8.71. The predicted octanol–water partition coefficient (Wildman–Crippen LogP) is 1.29. The van der Waals surface area contributed by atoms with E-state index in [1.165, 1.54) is 30.3 Å². The number of aliphatic carboxylic acids is 1. The number of phenolic OH excluding ortho intramolecular Hbond substituents is 1. The number of aromatic hydroxyl groups is 1. The zero-order chi connectivity index (χ0) is 28.4. The number of nitrogens with zero attached hydrogens (tertiary/aromatic N) is 2. The Bertz CT molecular complexity index is 1390. The fourth-order valence-electron chi connectivity index (χ4n) is 5.02. The van der Waals surface area contributed by atoms with Gasteiger partial charge < -0.3 is 25.5 Å². The van der Waals surface area contributed by atoms with E-state index in [0.717, 1.165) is 29.1 Å². The number of hydrogen-bond acceptors (Lipinski definition) is 9. The quantitative estimate of drug-likeness (QED) is 0.257. The van der Waals surface area contributed by atoms with Crippen LogP contribution in [0.1, 0.15) is 37.4 Å². The molecule has 2 aromatic rings. The molecule has 2 heterocycles. The molecule has 4 rings (SSSR count). The number of hydrogen-bond donors (Lipinski definition) is 5. The van der Waals surface area contributed by atoms with Crippen LogP contribution in [-0.2, 0) is 24.8 Å². The van der Waals surface area contributed by atoms with Gasteiger partial charge in [0.1, 0.15) is 11.8 Å². The Balaban J connectivity index is 1.30. The lowest BCUT2D eigenvalue weighted by atomic mass is 10.0. The number of carboxylic acid groups (broad SMARTS) is 1. The summed E-state index contributed by atoms with van der Waals surface area (Å²) >= 11 is 0. The normalized spacial score (nSPS) is 20.2. The summed E-state index contributed by atoms with van der Waals surface area (Å²) in [5.74, 6) is -1.36. The number of carboxylic acids is 1. The first-order chi connectivity index (χ1) is 18.3. The minimum Gasteiger partial charge on any atom is -0.506 e. The summed E-state index contributed by atoms with van der Waals surface area (Å²) in [6.07, 6.45) is 2.47. The average molecular weight is 583 g/mol. The predicted molar refractivity (Wildman–Crippen MR) is 146 cm³/mol. The van der Waals surface area contributed by atoms with Crippen LogP contribution < -0.4 is 14.9 Å². The van der Waals surface area contributed by atoms with Crippen LogP contribution in [0.4, 0.5) is 11.4 Å². The minimum absolute atomic E-state index is 0.00306. The Hall–Kier alpha value is -2.91. The van der Waals surface area contributed by atoms with Crippen molar-refractivity contribution >= 4 is 37.4 Å². The van der Waals surface area contributed by atoms with Gasteiger partial charge in [-0.3, -0.25) is 9.52 Å². The SMILES string of the molecule is CS(=O)(=O)Nc1cc([C@@H](O)CNC2CCN(c3ccc(S(=O)(=O)N4CCC[C@@H]4C(=O)O)cc3)CC2)ccc1O. The van der Waals surface area contributed by atoms with Crippen LogP contribution in [0.15, 0.2) is 47.4 Å². The van der Waals surface area contributed by atoms with Gasteiger partial charge in [-0.15, -0.1) is 0 Å². The van der Waals surface area contributed by atoms with Crippen molar-refractivity contribution in [1.82, 2.24) is 9.62 Å².